The van der Waals surface area contributed by atoms with Crippen LogP contribution in [0.4, 0.5) is 0 Å². The molecule has 1 aromatic carbocycles. The lowest BCUT2D eigenvalue weighted by atomic mass is 10.2. The van der Waals surface area contributed by atoms with Gasteiger partial charge in [-0.15, -0.1) is 11.3 Å². The molecule has 3 rings (SSSR count). The summed E-state index contributed by atoms with van der Waals surface area (Å²) in [5, 5.41) is 0.619. The third-order valence-corrected chi connectivity index (χ3v) is 5.28. The normalized spacial score (nSPS) is 12.0. The van der Waals surface area contributed by atoms with Crippen molar-refractivity contribution in [2.75, 3.05) is 6.26 Å². The molecule has 0 N–H and O–H groups in total. The Morgan fingerprint density at radius 2 is 1.81 bits per heavy atom. The van der Waals surface area contributed by atoms with E-state index in [0.29, 0.717) is 26.0 Å². The first-order valence-electron chi connectivity index (χ1n) is 5.63. The summed E-state index contributed by atoms with van der Waals surface area (Å²) in [6.45, 7) is 0. The van der Waals surface area contributed by atoms with Crippen LogP contribution in [0.15, 0.2) is 28.7 Å². The number of rotatable bonds is 2. The molecule has 0 fully saturated rings. The molecular formula is C12H7Cl2N3O2S2. The summed E-state index contributed by atoms with van der Waals surface area (Å²) in [6.07, 6.45) is 1.09. The quantitative estimate of drug-likeness (QED) is 0.655. The van der Waals surface area contributed by atoms with Gasteiger partial charge in [0.15, 0.2) is 26.3 Å². The molecule has 0 aliphatic rings. The van der Waals surface area contributed by atoms with Crippen molar-refractivity contribution >= 4 is 54.7 Å². The molecule has 108 valence electrons. The maximum atomic E-state index is 11.9. The molecule has 0 radical (unpaired) electrons. The Hall–Kier alpha value is -1.28. The van der Waals surface area contributed by atoms with Crippen molar-refractivity contribution in [3.05, 3.63) is 33.8 Å². The Labute approximate surface area is 134 Å². The van der Waals surface area contributed by atoms with Gasteiger partial charge in [-0.3, -0.25) is 0 Å². The zero-order valence-corrected chi connectivity index (χ0v) is 13.7. The Balaban J connectivity index is 2.40. The smallest absolute Gasteiger partial charge is 0.194 e. The van der Waals surface area contributed by atoms with Crippen LogP contribution in [-0.2, 0) is 9.84 Å². The van der Waals surface area contributed by atoms with Gasteiger partial charge >= 0.3 is 0 Å². The number of sulfone groups is 1. The standard InChI is InChI=1S/C12H7Cl2N3O2S2/c1-21(18,19)12-9-11(15-5-20-9)16-10(17-12)8-6(13)3-2-4-7(8)14/h2-5H,1H3. The average Bonchev–Trinajstić information content (AvgIpc) is 2.84. The first-order chi connectivity index (χ1) is 9.88. The number of thiazole rings is 1. The van der Waals surface area contributed by atoms with Crippen molar-refractivity contribution in [1.82, 2.24) is 15.0 Å². The second-order valence-corrected chi connectivity index (χ2v) is 7.83. The predicted octanol–water partition coefficient (Wildman–Crippen LogP) is 3.46. The van der Waals surface area contributed by atoms with Gasteiger partial charge in [-0.1, -0.05) is 29.3 Å². The highest BCUT2D eigenvalue weighted by Crippen LogP contribution is 2.34. The number of benzene rings is 1. The molecule has 0 saturated carbocycles. The van der Waals surface area contributed by atoms with Gasteiger partial charge < -0.3 is 0 Å². The third kappa shape index (κ3) is 2.62. The molecule has 0 atom stereocenters. The van der Waals surface area contributed by atoms with Crippen molar-refractivity contribution in [3.63, 3.8) is 0 Å². The largest absolute Gasteiger partial charge is 0.225 e. The van der Waals surface area contributed by atoms with E-state index in [-0.39, 0.29) is 10.9 Å². The Bertz CT molecular complexity index is 934. The van der Waals surface area contributed by atoms with Gasteiger partial charge in [-0.05, 0) is 12.1 Å². The van der Waals surface area contributed by atoms with E-state index in [9.17, 15) is 8.42 Å². The number of halogens is 2. The van der Waals surface area contributed by atoms with Crippen molar-refractivity contribution < 1.29 is 8.42 Å². The minimum Gasteiger partial charge on any atom is -0.225 e. The maximum absolute atomic E-state index is 11.9. The summed E-state index contributed by atoms with van der Waals surface area (Å²) in [7, 11) is -3.52. The molecule has 0 aliphatic carbocycles. The molecule has 0 saturated heterocycles. The lowest BCUT2D eigenvalue weighted by molar-refractivity contribution is 0.599. The van der Waals surface area contributed by atoms with Crippen LogP contribution in [0, 0.1) is 0 Å². The summed E-state index contributed by atoms with van der Waals surface area (Å²) in [6, 6.07) is 4.96. The molecule has 2 heterocycles. The first kappa shape index (κ1) is 14.6. The van der Waals surface area contributed by atoms with Crippen LogP contribution in [0.5, 0.6) is 0 Å². The van der Waals surface area contributed by atoms with Crippen LogP contribution in [0.3, 0.4) is 0 Å². The predicted molar refractivity (Wildman–Crippen MR) is 83.8 cm³/mol. The fourth-order valence-electron chi connectivity index (χ4n) is 1.81. The number of nitrogens with zero attached hydrogens (tertiary/aromatic N) is 3. The van der Waals surface area contributed by atoms with Gasteiger partial charge in [0.2, 0.25) is 0 Å². The first-order valence-corrected chi connectivity index (χ1v) is 9.16. The van der Waals surface area contributed by atoms with Crippen LogP contribution in [-0.4, -0.2) is 29.6 Å². The zero-order valence-electron chi connectivity index (χ0n) is 10.5. The number of hydrogen-bond acceptors (Lipinski definition) is 6. The molecule has 5 nitrogen and oxygen atoms in total. The van der Waals surface area contributed by atoms with Gasteiger partial charge in [-0.25, -0.2) is 23.4 Å². The van der Waals surface area contributed by atoms with Crippen LogP contribution >= 0.6 is 34.5 Å². The fraction of sp³-hybridized carbons (Fsp3) is 0.0833. The number of fused-ring (bicyclic) bond motifs is 1. The molecule has 0 amide bonds. The Morgan fingerprint density at radius 3 is 2.43 bits per heavy atom. The van der Waals surface area contributed by atoms with E-state index in [1.807, 2.05) is 0 Å². The van der Waals surface area contributed by atoms with Crippen LogP contribution in [0.2, 0.25) is 10.0 Å². The van der Waals surface area contributed by atoms with E-state index >= 15 is 0 Å². The van der Waals surface area contributed by atoms with E-state index in [2.05, 4.69) is 15.0 Å². The van der Waals surface area contributed by atoms with Gasteiger partial charge in [0, 0.05) is 6.26 Å². The molecule has 2 aromatic heterocycles. The van der Waals surface area contributed by atoms with Crippen molar-refractivity contribution in [2.24, 2.45) is 0 Å². The van der Waals surface area contributed by atoms with Gasteiger partial charge in [-0.2, -0.15) is 0 Å². The molecule has 0 bridgehead atoms. The summed E-state index contributed by atoms with van der Waals surface area (Å²) < 4.78 is 24.3. The third-order valence-electron chi connectivity index (χ3n) is 2.70. The molecule has 0 unspecified atom stereocenters. The molecule has 9 heteroatoms. The topological polar surface area (TPSA) is 72.8 Å². The highest BCUT2D eigenvalue weighted by atomic mass is 35.5. The zero-order chi connectivity index (χ0) is 15.2. The monoisotopic (exact) mass is 359 g/mol. The second kappa shape index (κ2) is 5.17. The van der Waals surface area contributed by atoms with Crippen molar-refractivity contribution in [2.45, 2.75) is 5.03 Å². The molecule has 3 aromatic rings. The molecule has 0 spiro atoms. The minimum atomic E-state index is -3.52. The lowest BCUT2D eigenvalue weighted by Crippen LogP contribution is -2.04. The van der Waals surface area contributed by atoms with Crippen LogP contribution in [0.25, 0.3) is 21.7 Å². The van der Waals surface area contributed by atoms with Crippen molar-refractivity contribution in [3.8, 4) is 11.4 Å². The molecule has 21 heavy (non-hydrogen) atoms. The van der Waals surface area contributed by atoms with Crippen LogP contribution < -0.4 is 0 Å². The number of aromatic nitrogens is 3. The molecule has 0 aliphatic heterocycles. The minimum absolute atomic E-state index is 0.0685. The highest BCUT2D eigenvalue weighted by molar-refractivity contribution is 7.91. The highest BCUT2D eigenvalue weighted by Gasteiger charge is 2.21. The second-order valence-electron chi connectivity index (χ2n) is 4.23. The SMILES string of the molecule is CS(=O)(=O)c1nc(-c2c(Cl)cccc2Cl)nc2ncsc12. The van der Waals surface area contributed by atoms with Crippen molar-refractivity contribution in [1.29, 1.82) is 0 Å². The summed E-state index contributed by atoms with van der Waals surface area (Å²) in [4.78, 5) is 12.5. The van der Waals surface area contributed by atoms with E-state index in [4.69, 9.17) is 23.2 Å². The summed E-state index contributed by atoms with van der Waals surface area (Å²) in [5.41, 5.74) is 2.22. The lowest BCUT2D eigenvalue weighted by Gasteiger charge is -2.07. The molecular weight excluding hydrogens is 353 g/mol. The Kier molecular flexibility index (Phi) is 3.61. The van der Waals surface area contributed by atoms with E-state index in [1.165, 1.54) is 16.8 Å². The summed E-state index contributed by atoms with van der Waals surface area (Å²) >= 11 is 13.4. The number of hydrogen-bond donors (Lipinski definition) is 0. The Morgan fingerprint density at radius 1 is 1.14 bits per heavy atom. The van der Waals surface area contributed by atoms with E-state index in [0.717, 1.165) is 6.26 Å². The van der Waals surface area contributed by atoms with Crippen LogP contribution in [0.1, 0.15) is 0 Å². The van der Waals surface area contributed by atoms with Gasteiger partial charge in [0.05, 0.1) is 21.1 Å². The fourth-order valence-corrected chi connectivity index (χ4v) is 4.27. The average molecular weight is 360 g/mol. The van der Waals surface area contributed by atoms with E-state index < -0.39 is 9.84 Å². The van der Waals surface area contributed by atoms with Gasteiger partial charge in [0.25, 0.3) is 0 Å². The van der Waals surface area contributed by atoms with E-state index in [1.54, 1.807) is 18.2 Å². The van der Waals surface area contributed by atoms with Gasteiger partial charge in [0.1, 0.15) is 4.70 Å². The maximum Gasteiger partial charge on any atom is 0.194 e. The summed E-state index contributed by atoms with van der Waals surface area (Å²) in [5.74, 6) is 0.143.